The van der Waals surface area contributed by atoms with Crippen molar-refractivity contribution in [2.75, 3.05) is 18.5 Å². The van der Waals surface area contributed by atoms with Crippen LogP contribution in [0.4, 0.5) is 5.69 Å². The van der Waals surface area contributed by atoms with Gasteiger partial charge in [-0.3, -0.25) is 4.79 Å². The summed E-state index contributed by atoms with van der Waals surface area (Å²) in [6, 6.07) is 13.5. The fraction of sp³-hybridized carbons (Fsp3) is 0.211. The summed E-state index contributed by atoms with van der Waals surface area (Å²) in [5.74, 6) is 1.30. The Morgan fingerprint density at radius 2 is 1.83 bits per heavy atom. The molecule has 0 spiro atoms. The standard InChI is InChI=1S/C19H19NO3/c1-2-14-3-7-16(8-4-14)20-19(21)10-6-15-5-9-17-18(13-15)23-12-11-22-17/h3-10,13H,2,11-12H2,1H3,(H,20,21)/b10-6+. The molecule has 0 aromatic heterocycles. The van der Waals surface area contributed by atoms with Gasteiger partial charge in [-0.1, -0.05) is 25.1 Å². The predicted octanol–water partition coefficient (Wildman–Crippen LogP) is 3.67. The molecule has 0 saturated heterocycles. The van der Waals surface area contributed by atoms with Crippen LogP contribution in [-0.2, 0) is 11.2 Å². The fourth-order valence-electron chi connectivity index (χ4n) is 2.34. The number of ether oxygens (including phenoxy) is 2. The van der Waals surface area contributed by atoms with Crippen LogP contribution in [-0.4, -0.2) is 19.1 Å². The van der Waals surface area contributed by atoms with Crippen LogP contribution in [0.3, 0.4) is 0 Å². The van der Waals surface area contributed by atoms with Gasteiger partial charge in [0.05, 0.1) is 0 Å². The van der Waals surface area contributed by atoms with Crippen LogP contribution in [0.15, 0.2) is 48.5 Å². The molecule has 0 atom stereocenters. The van der Waals surface area contributed by atoms with Crippen molar-refractivity contribution in [3.63, 3.8) is 0 Å². The van der Waals surface area contributed by atoms with Gasteiger partial charge in [-0.25, -0.2) is 0 Å². The summed E-state index contributed by atoms with van der Waals surface area (Å²) in [4.78, 5) is 12.0. The molecule has 0 fully saturated rings. The van der Waals surface area contributed by atoms with Gasteiger partial charge < -0.3 is 14.8 Å². The molecule has 118 valence electrons. The van der Waals surface area contributed by atoms with Crippen molar-refractivity contribution in [1.29, 1.82) is 0 Å². The second-order valence-corrected chi connectivity index (χ2v) is 5.28. The Kier molecular flexibility index (Phi) is 4.62. The zero-order valence-corrected chi connectivity index (χ0v) is 13.0. The Hall–Kier alpha value is -2.75. The zero-order chi connectivity index (χ0) is 16.1. The van der Waals surface area contributed by atoms with E-state index in [0.717, 1.165) is 23.4 Å². The van der Waals surface area contributed by atoms with Crippen LogP contribution in [0.25, 0.3) is 6.08 Å². The van der Waals surface area contributed by atoms with Crippen LogP contribution in [0.1, 0.15) is 18.1 Å². The van der Waals surface area contributed by atoms with Crippen LogP contribution < -0.4 is 14.8 Å². The molecule has 0 bridgehead atoms. The number of aryl methyl sites for hydroxylation is 1. The normalized spacial score (nSPS) is 13.1. The second kappa shape index (κ2) is 7.01. The van der Waals surface area contributed by atoms with Crippen molar-refractivity contribution in [1.82, 2.24) is 0 Å². The number of carbonyl (C=O) groups excluding carboxylic acids is 1. The minimum atomic E-state index is -0.163. The zero-order valence-electron chi connectivity index (χ0n) is 13.0. The lowest BCUT2D eigenvalue weighted by Gasteiger charge is -2.18. The maximum absolute atomic E-state index is 12.0. The van der Waals surface area contributed by atoms with Gasteiger partial charge >= 0.3 is 0 Å². The molecule has 0 saturated carbocycles. The quantitative estimate of drug-likeness (QED) is 0.877. The molecule has 4 heteroatoms. The molecule has 1 N–H and O–H groups in total. The van der Waals surface area contributed by atoms with Gasteiger partial charge in [0.25, 0.3) is 0 Å². The molecule has 0 aliphatic carbocycles. The summed E-state index contributed by atoms with van der Waals surface area (Å²) in [5.41, 5.74) is 2.93. The molecular weight excluding hydrogens is 290 g/mol. The van der Waals surface area contributed by atoms with Crippen LogP contribution >= 0.6 is 0 Å². The summed E-state index contributed by atoms with van der Waals surface area (Å²) in [7, 11) is 0. The minimum absolute atomic E-state index is 0.163. The number of benzene rings is 2. The highest BCUT2D eigenvalue weighted by Gasteiger charge is 2.10. The van der Waals surface area contributed by atoms with Gasteiger partial charge in [-0.05, 0) is 47.9 Å². The SMILES string of the molecule is CCc1ccc(NC(=O)/C=C/c2ccc3c(c2)OCCO3)cc1. The number of hydrogen-bond donors (Lipinski definition) is 1. The number of carbonyl (C=O) groups is 1. The maximum Gasteiger partial charge on any atom is 0.248 e. The number of nitrogens with one attached hydrogen (secondary N) is 1. The Labute approximate surface area is 135 Å². The van der Waals surface area contributed by atoms with Gasteiger partial charge in [0, 0.05) is 11.8 Å². The van der Waals surface area contributed by atoms with E-state index in [1.54, 1.807) is 6.08 Å². The predicted molar refractivity (Wildman–Crippen MR) is 90.9 cm³/mol. The van der Waals surface area contributed by atoms with Crippen molar-refractivity contribution in [3.05, 3.63) is 59.7 Å². The Bertz CT molecular complexity index is 720. The third kappa shape index (κ3) is 3.92. The number of fused-ring (bicyclic) bond motifs is 1. The first-order valence-electron chi connectivity index (χ1n) is 7.72. The van der Waals surface area contributed by atoms with Crippen molar-refractivity contribution < 1.29 is 14.3 Å². The topological polar surface area (TPSA) is 47.6 Å². The van der Waals surface area contributed by atoms with Crippen molar-refractivity contribution >= 4 is 17.7 Å². The van der Waals surface area contributed by atoms with Gasteiger partial charge in [0.2, 0.25) is 5.91 Å². The average molecular weight is 309 g/mol. The smallest absolute Gasteiger partial charge is 0.248 e. The molecule has 2 aromatic rings. The summed E-state index contributed by atoms with van der Waals surface area (Å²) in [6.07, 6.45) is 4.26. The van der Waals surface area contributed by atoms with Crippen LogP contribution in [0.2, 0.25) is 0 Å². The van der Waals surface area contributed by atoms with E-state index in [2.05, 4.69) is 12.2 Å². The lowest BCUT2D eigenvalue weighted by molar-refractivity contribution is -0.111. The Morgan fingerprint density at radius 3 is 2.57 bits per heavy atom. The lowest BCUT2D eigenvalue weighted by Crippen LogP contribution is -2.15. The fourth-order valence-corrected chi connectivity index (χ4v) is 2.34. The molecule has 0 unspecified atom stereocenters. The highest BCUT2D eigenvalue weighted by molar-refractivity contribution is 6.01. The molecule has 4 nitrogen and oxygen atoms in total. The molecule has 1 heterocycles. The molecule has 2 aromatic carbocycles. The third-order valence-corrected chi connectivity index (χ3v) is 3.62. The maximum atomic E-state index is 12.0. The third-order valence-electron chi connectivity index (χ3n) is 3.62. The largest absolute Gasteiger partial charge is 0.486 e. The van der Waals surface area contributed by atoms with Crippen molar-refractivity contribution in [2.24, 2.45) is 0 Å². The van der Waals surface area contributed by atoms with E-state index in [0.29, 0.717) is 19.0 Å². The molecule has 0 radical (unpaired) electrons. The number of rotatable bonds is 4. The number of amides is 1. The van der Waals surface area contributed by atoms with E-state index in [-0.39, 0.29) is 5.91 Å². The first-order chi connectivity index (χ1) is 11.2. The Morgan fingerprint density at radius 1 is 1.09 bits per heavy atom. The summed E-state index contributed by atoms with van der Waals surface area (Å²) in [5, 5.41) is 2.84. The van der Waals surface area contributed by atoms with Crippen molar-refractivity contribution in [2.45, 2.75) is 13.3 Å². The van der Waals surface area contributed by atoms with Crippen LogP contribution in [0.5, 0.6) is 11.5 Å². The molecular formula is C19H19NO3. The number of anilines is 1. The highest BCUT2D eigenvalue weighted by Crippen LogP contribution is 2.31. The van der Waals surface area contributed by atoms with Gasteiger partial charge in [0.1, 0.15) is 13.2 Å². The molecule has 3 rings (SSSR count). The van der Waals surface area contributed by atoms with E-state index in [9.17, 15) is 4.79 Å². The minimum Gasteiger partial charge on any atom is -0.486 e. The molecule has 1 aliphatic heterocycles. The molecule has 23 heavy (non-hydrogen) atoms. The van der Waals surface area contributed by atoms with E-state index in [1.807, 2.05) is 42.5 Å². The Balaban J connectivity index is 1.63. The van der Waals surface area contributed by atoms with Gasteiger partial charge in [-0.2, -0.15) is 0 Å². The van der Waals surface area contributed by atoms with E-state index in [4.69, 9.17) is 9.47 Å². The monoisotopic (exact) mass is 309 g/mol. The van der Waals surface area contributed by atoms with Crippen molar-refractivity contribution in [3.8, 4) is 11.5 Å². The van der Waals surface area contributed by atoms with E-state index < -0.39 is 0 Å². The number of hydrogen-bond acceptors (Lipinski definition) is 3. The summed E-state index contributed by atoms with van der Waals surface area (Å²) < 4.78 is 11.0. The molecule has 1 amide bonds. The van der Waals surface area contributed by atoms with Gasteiger partial charge in [0.15, 0.2) is 11.5 Å². The highest BCUT2D eigenvalue weighted by atomic mass is 16.6. The van der Waals surface area contributed by atoms with E-state index >= 15 is 0 Å². The molecule has 1 aliphatic rings. The summed E-state index contributed by atoms with van der Waals surface area (Å²) >= 11 is 0. The average Bonchev–Trinajstić information content (AvgIpc) is 2.60. The van der Waals surface area contributed by atoms with Crippen LogP contribution in [0, 0.1) is 0 Å². The second-order valence-electron chi connectivity index (χ2n) is 5.28. The van der Waals surface area contributed by atoms with Gasteiger partial charge in [-0.15, -0.1) is 0 Å². The first kappa shape index (κ1) is 15.2. The van der Waals surface area contributed by atoms with E-state index in [1.165, 1.54) is 11.6 Å². The first-order valence-corrected chi connectivity index (χ1v) is 7.72. The summed E-state index contributed by atoms with van der Waals surface area (Å²) in [6.45, 7) is 3.22. The lowest BCUT2D eigenvalue weighted by atomic mass is 10.1.